The fourth-order valence-corrected chi connectivity index (χ4v) is 0.685. The Labute approximate surface area is 86.5 Å². The molecule has 0 aromatic heterocycles. The number of carbonyl (C=O) groups is 2. The number of carbonyl (C=O) groups excluding carboxylic acids is 2. The van der Waals surface area contributed by atoms with Crippen molar-refractivity contribution in [3.05, 3.63) is 0 Å². The SMILES string of the molecule is CNS(=O)(=O)ONC(=O)N(C)C(=O)OC. The molecule has 15 heavy (non-hydrogen) atoms. The predicted molar refractivity (Wildman–Crippen MR) is 47.8 cm³/mol. The van der Waals surface area contributed by atoms with Crippen LogP contribution < -0.4 is 10.2 Å². The van der Waals surface area contributed by atoms with Crippen LogP contribution in [0.2, 0.25) is 0 Å². The van der Waals surface area contributed by atoms with E-state index in [2.05, 4.69) is 9.02 Å². The van der Waals surface area contributed by atoms with Crippen molar-refractivity contribution in [2.45, 2.75) is 0 Å². The molecule has 0 aliphatic carbocycles. The minimum Gasteiger partial charge on any atom is -0.452 e. The van der Waals surface area contributed by atoms with Gasteiger partial charge in [-0.2, -0.15) is 18.6 Å². The van der Waals surface area contributed by atoms with Gasteiger partial charge in [0.05, 0.1) is 7.11 Å². The van der Waals surface area contributed by atoms with E-state index in [-0.39, 0.29) is 0 Å². The van der Waals surface area contributed by atoms with Crippen LogP contribution in [0.5, 0.6) is 0 Å². The molecule has 0 aromatic rings. The zero-order valence-corrected chi connectivity index (χ0v) is 9.12. The molecule has 88 valence electrons. The lowest BCUT2D eigenvalue weighted by molar-refractivity contribution is 0.120. The largest absolute Gasteiger partial charge is 0.452 e. The normalized spacial score (nSPS) is 10.6. The number of hydrogen-bond acceptors (Lipinski definition) is 6. The number of methoxy groups -OCH3 is 1. The second kappa shape index (κ2) is 5.48. The molecule has 10 heteroatoms. The average molecular weight is 241 g/mol. The Bertz CT molecular complexity index is 339. The highest BCUT2D eigenvalue weighted by Crippen LogP contribution is 1.90. The lowest BCUT2D eigenvalue weighted by Crippen LogP contribution is -2.43. The molecule has 0 saturated heterocycles. The quantitative estimate of drug-likeness (QED) is 0.599. The van der Waals surface area contributed by atoms with Gasteiger partial charge in [0.2, 0.25) is 0 Å². The monoisotopic (exact) mass is 241 g/mol. The van der Waals surface area contributed by atoms with Crippen molar-refractivity contribution in [3.8, 4) is 0 Å². The molecule has 0 aromatic carbocycles. The summed E-state index contributed by atoms with van der Waals surface area (Å²) < 4.78 is 31.3. The Morgan fingerprint density at radius 1 is 1.33 bits per heavy atom. The van der Waals surface area contributed by atoms with E-state index >= 15 is 0 Å². The van der Waals surface area contributed by atoms with Crippen LogP contribution in [0, 0.1) is 0 Å². The first-order valence-corrected chi connectivity index (χ1v) is 4.98. The van der Waals surface area contributed by atoms with Gasteiger partial charge in [0.15, 0.2) is 0 Å². The fraction of sp³-hybridized carbons (Fsp3) is 0.600. The summed E-state index contributed by atoms with van der Waals surface area (Å²) in [5, 5.41) is 0. The maximum atomic E-state index is 11.0. The molecule has 0 heterocycles. The molecule has 2 N–H and O–H groups in total. The van der Waals surface area contributed by atoms with Gasteiger partial charge in [-0.1, -0.05) is 0 Å². The van der Waals surface area contributed by atoms with Gasteiger partial charge in [-0.15, -0.1) is 4.28 Å². The summed E-state index contributed by atoms with van der Waals surface area (Å²) >= 11 is 0. The highest BCUT2D eigenvalue weighted by Gasteiger charge is 2.19. The first-order valence-electron chi connectivity index (χ1n) is 3.57. The summed E-state index contributed by atoms with van der Waals surface area (Å²) in [5.74, 6) is 0. The van der Waals surface area contributed by atoms with Crippen molar-refractivity contribution in [2.75, 3.05) is 21.2 Å². The molecule has 0 aliphatic rings. The van der Waals surface area contributed by atoms with Gasteiger partial charge >= 0.3 is 22.4 Å². The van der Waals surface area contributed by atoms with Gasteiger partial charge in [-0.05, 0) is 0 Å². The standard InChI is InChI=1S/C5H11N3O6S/c1-6-15(11,12)14-7-4(9)8(2)5(10)13-3/h6H,1-3H3,(H,7,9). The molecule has 0 atom stereocenters. The van der Waals surface area contributed by atoms with E-state index in [9.17, 15) is 18.0 Å². The molecule has 0 spiro atoms. The van der Waals surface area contributed by atoms with Gasteiger partial charge in [0, 0.05) is 14.1 Å². The van der Waals surface area contributed by atoms with E-state index in [0.717, 1.165) is 21.2 Å². The third kappa shape index (κ3) is 4.58. The molecular weight excluding hydrogens is 230 g/mol. The van der Waals surface area contributed by atoms with Crippen LogP contribution in [0.3, 0.4) is 0 Å². The lowest BCUT2D eigenvalue weighted by atomic mass is 10.8. The van der Waals surface area contributed by atoms with E-state index < -0.39 is 22.4 Å². The van der Waals surface area contributed by atoms with Crippen LogP contribution in [-0.4, -0.2) is 46.6 Å². The lowest BCUT2D eigenvalue weighted by Gasteiger charge is -2.13. The van der Waals surface area contributed by atoms with Gasteiger partial charge < -0.3 is 4.74 Å². The summed E-state index contributed by atoms with van der Waals surface area (Å²) in [6.45, 7) is 0. The number of nitrogens with one attached hydrogen (secondary N) is 2. The number of urea groups is 1. The number of imide groups is 1. The zero-order valence-electron chi connectivity index (χ0n) is 8.30. The topological polar surface area (TPSA) is 114 Å². The van der Waals surface area contributed by atoms with Crippen molar-refractivity contribution < 1.29 is 27.0 Å². The summed E-state index contributed by atoms with van der Waals surface area (Å²) in [5.41, 5.74) is 1.52. The first-order chi connectivity index (χ1) is 6.84. The molecule has 0 unspecified atom stereocenters. The van der Waals surface area contributed by atoms with Crippen LogP contribution in [0.15, 0.2) is 0 Å². The number of amides is 3. The average Bonchev–Trinajstić information content (AvgIpc) is 2.23. The van der Waals surface area contributed by atoms with Crippen molar-refractivity contribution in [3.63, 3.8) is 0 Å². The molecule has 0 rings (SSSR count). The highest BCUT2D eigenvalue weighted by molar-refractivity contribution is 7.84. The highest BCUT2D eigenvalue weighted by atomic mass is 32.2. The zero-order chi connectivity index (χ0) is 12.1. The van der Waals surface area contributed by atoms with Crippen LogP contribution in [0.1, 0.15) is 0 Å². The minimum atomic E-state index is -4.04. The number of rotatable bonds is 3. The van der Waals surface area contributed by atoms with Gasteiger partial charge in [-0.25, -0.2) is 14.5 Å². The third-order valence-electron chi connectivity index (χ3n) is 1.24. The van der Waals surface area contributed by atoms with Crippen LogP contribution in [-0.2, 0) is 19.3 Å². The second-order valence-corrected chi connectivity index (χ2v) is 3.66. The van der Waals surface area contributed by atoms with E-state index in [1.807, 2.05) is 0 Å². The van der Waals surface area contributed by atoms with Gasteiger partial charge in [0.1, 0.15) is 0 Å². The van der Waals surface area contributed by atoms with Crippen molar-refractivity contribution in [2.24, 2.45) is 0 Å². The molecule has 0 saturated carbocycles. The number of hydrogen-bond donors (Lipinski definition) is 2. The molecular formula is C5H11N3O6S. The summed E-state index contributed by atoms with van der Waals surface area (Å²) in [6, 6.07) is -1.08. The maximum Gasteiger partial charge on any atom is 0.417 e. The van der Waals surface area contributed by atoms with Crippen LogP contribution >= 0.6 is 0 Å². The van der Waals surface area contributed by atoms with Crippen LogP contribution in [0.4, 0.5) is 9.59 Å². The summed E-state index contributed by atoms with van der Waals surface area (Å²) in [4.78, 5) is 22.3. The van der Waals surface area contributed by atoms with E-state index in [1.165, 1.54) is 5.48 Å². The summed E-state index contributed by atoms with van der Waals surface area (Å²) in [7, 11) is -0.806. The van der Waals surface area contributed by atoms with Crippen molar-refractivity contribution >= 4 is 22.4 Å². The van der Waals surface area contributed by atoms with Gasteiger partial charge in [0.25, 0.3) is 0 Å². The maximum absolute atomic E-state index is 11.0. The van der Waals surface area contributed by atoms with E-state index in [0.29, 0.717) is 4.90 Å². The van der Waals surface area contributed by atoms with Crippen LogP contribution in [0.25, 0.3) is 0 Å². The number of ether oxygens (including phenoxy) is 1. The summed E-state index contributed by atoms with van der Waals surface area (Å²) in [6.07, 6.45) is -0.960. The fourth-order valence-electron chi connectivity index (χ4n) is 0.420. The Kier molecular flexibility index (Phi) is 4.97. The molecule has 0 radical (unpaired) electrons. The molecule has 0 bridgehead atoms. The predicted octanol–water partition coefficient (Wildman–Crippen LogP) is -1.21. The third-order valence-corrected chi connectivity index (χ3v) is 2.04. The number of hydroxylamine groups is 1. The molecule has 0 fully saturated rings. The van der Waals surface area contributed by atoms with Crippen molar-refractivity contribution in [1.29, 1.82) is 0 Å². The van der Waals surface area contributed by atoms with Crippen molar-refractivity contribution in [1.82, 2.24) is 15.1 Å². The second-order valence-electron chi connectivity index (χ2n) is 2.18. The Hall–Kier alpha value is -1.39. The van der Waals surface area contributed by atoms with E-state index in [1.54, 1.807) is 4.72 Å². The van der Waals surface area contributed by atoms with Gasteiger partial charge in [-0.3, -0.25) is 0 Å². The molecule has 0 aliphatic heterocycles. The minimum absolute atomic E-state index is 0.491. The Balaban J connectivity index is 4.22. The number of nitrogens with zero attached hydrogens (tertiary/aromatic N) is 1. The van der Waals surface area contributed by atoms with E-state index in [4.69, 9.17) is 0 Å². The smallest absolute Gasteiger partial charge is 0.417 e. The molecule has 9 nitrogen and oxygen atoms in total. The Morgan fingerprint density at radius 2 is 1.87 bits per heavy atom. The molecule has 3 amide bonds. The Morgan fingerprint density at radius 3 is 2.27 bits per heavy atom. The first kappa shape index (κ1) is 13.6.